The molecule has 2 fully saturated rings. The molecule has 0 bridgehead atoms. The van der Waals surface area contributed by atoms with Gasteiger partial charge in [0.15, 0.2) is 6.61 Å². The standard InChI is InChI=1S/C13H21NO4/c15-12(16)8-18-14-13(17)11-6-5-9-3-1-2-4-10(9)7-11/h9-11H,1-8H2,(H,14,17)(H,15,16). The van der Waals surface area contributed by atoms with Gasteiger partial charge in [-0.25, -0.2) is 10.3 Å². The van der Waals surface area contributed by atoms with E-state index in [1.165, 1.54) is 25.7 Å². The van der Waals surface area contributed by atoms with Crippen LogP contribution in [0.2, 0.25) is 0 Å². The van der Waals surface area contributed by atoms with Crippen molar-refractivity contribution >= 4 is 11.9 Å². The van der Waals surface area contributed by atoms with Crippen LogP contribution in [0.15, 0.2) is 0 Å². The summed E-state index contributed by atoms with van der Waals surface area (Å²) in [5.74, 6) is 0.259. The molecule has 2 saturated carbocycles. The fourth-order valence-electron chi connectivity index (χ4n) is 3.36. The van der Waals surface area contributed by atoms with Gasteiger partial charge >= 0.3 is 5.97 Å². The Labute approximate surface area is 107 Å². The molecular formula is C13H21NO4. The summed E-state index contributed by atoms with van der Waals surface area (Å²) in [6, 6.07) is 0. The number of carbonyl (C=O) groups excluding carboxylic acids is 1. The van der Waals surface area contributed by atoms with E-state index in [-0.39, 0.29) is 11.8 Å². The van der Waals surface area contributed by atoms with E-state index in [2.05, 4.69) is 10.3 Å². The predicted octanol–water partition coefficient (Wildman–Crippen LogP) is 1.73. The molecule has 102 valence electrons. The zero-order valence-corrected chi connectivity index (χ0v) is 10.6. The average molecular weight is 255 g/mol. The lowest BCUT2D eigenvalue weighted by Gasteiger charge is -2.38. The second-order valence-corrected chi connectivity index (χ2v) is 5.46. The molecule has 0 spiro atoms. The Morgan fingerprint density at radius 1 is 1.11 bits per heavy atom. The second-order valence-electron chi connectivity index (χ2n) is 5.46. The molecule has 5 heteroatoms. The highest BCUT2D eigenvalue weighted by atomic mass is 16.7. The minimum Gasteiger partial charge on any atom is -0.479 e. The van der Waals surface area contributed by atoms with Gasteiger partial charge in [0.25, 0.3) is 0 Å². The molecule has 3 unspecified atom stereocenters. The zero-order valence-electron chi connectivity index (χ0n) is 10.6. The van der Waals surface area contributed by atoms with Gasteiger partial charge in [0.2, 0.25) is 5.91 Å². The molecular weight excluding hydrogens is 234 g/mol. The van der Waals surface area contributed by atoms with Gasteiger partial charge in [0.05, 0.1) is 0 Å². The van der Waals surface area contributed by atoms with E-state index in [1.54, 1.807) is 0 Å². The van der Waals surface area contributed by atoms with Gasteiger partial charge in [0, 0.05) is 5.92 Å². The largest absolute Gasteiger partial charge is 0.479 e. The maximum absolute atomic E-state index is 11.8. The van der Waals surface area contributed by atoms with Crippen molar-refractivity contribution in [3.05, 3.63) is 0 Å². The minimum atomic E-state index is -1.08. The Hall–Kier alpha value is -1.10. The minimum absolute atomic E-state index is 0.00172. The van der Waals surface area contributed by atoms with Crippen molar-refractivity contribution < 1.29 is 19.5 Å². The molecule has 2 aliphatic rings. The lowest BCUT2D eigenvalue weighted by molar-refractivity contribution is -0.151. The summed E-state index contributed by atoms with van der Waals surface area (Å²) in [7, 11) is 0. The first-order valence-electron chi connectivity index (χ1n) is 6.80. The van der Waals surface area contributed by atoms with Crippen LogP contribution in [0.1, 0.15) is 44.9 Å². The van der Waals surface area contributed by atoms with E-state index in [9.17, 15) is 9.59 Å². The van der Waals surface area contributed by atoms with Crippen molar-refractivity contribution in [1.29, 1.82) is 0 Å². The summed E-state index contributed by atoms with van der Waals surface area (Å²) in [5.41, 5.74) is 2.26. The molecule has 0 aromatic carbocycles. The highest BCUT2D eigenvalue weighted by molar-refractivity contribution is 5.78. The third-order valence-electron chi connectivity index (χ3n) is 4.28. The first-order chi connectivity index (χ1) is 8.66. The van der Waals surface area contributed by atoms with Gasteiger partial charge in [-0.1, -0.05) is 25.7 Å². The first kappa shape index (κ1) is 13.3. The molecule has 2 rings (SSSR count). The van der Waals surface area contributed by atoms with E-state index in [0.29, 0.717) is 5.92 Å². The van der Waals surface area contributed by atoms with Crippen molar-refractivity contribution in [3.8, 4) is 0 Å². The number of carboxylic acids is 1. The summed E-state index contributed by atoms with van der Waals surface area (Å²) in [4.78, 5) is 26.7. The molecule has 1 amide bonds. The Bertz CT molecular complexity index is 318. The van der Waals surface area contributed by atoms with Gasteiger partial charge in [-0.05, 0) is 31.1 Å². The van der Waals surface area contributed by atoms with Crippen LogP contribution in [-0.4, -0.2) is 23.6 Å². The number of amides is 1. The summed E-state index contributed by atoms with van der Waals surface area (Å²) in [5, 5.41) is 8.41. The number of nitrogens with one attached hydrogen (secondary N) is 1. The van der Waals surface area contributed by atoms with Crippen LogP contribution in [0.25, 0.3) is 0 Å². The molecule has 0 aliphatic heterocycles. The third-order valence-corrected chi connectivity index (χ3v) is 4.28. The van der Waals surface area contributed by atoms with Crippen molar-refractivity contribution in [2.24, 2.45) is 17.8 Å². The molecule has 0 aromatic rings. The number of hydrogen-bond acceptors (Lipinski definition) is 3. The van der Waals surface area contributed by atoms with Gasteiger partial charge in [-0.3, -0.25) is 9.63 Å². The molecule has 0 aromatic heterocycles. The van der Waals surface area contributed by atoms with Crippen molar-refractivity contribution in [2.75, 3.05) is 6.61 Å². The maximum atomic E-state index is 11.8. The SMILES string of the molecule is O=C(O)CONC(=O)C1CCC2CCCCC2C1. The number of fused-ring (bicyclic) bond motifs is 1. The van der Waals surface area contributed by atoms with E-state index >= 15 is 0 Å². The zero-order chi connectivity index (χ0) is 13.0. The van der Waals surface area contributed by atoms with E-state index in [1.807, 2.05) is 0 Å². The Kier molecular flexibility index (Phi) is 4.58. The second kappa shape index (κ2) is 6.18. The van der Waals surface area contributed by atoms with Crippen LogP contribution >= 0.6 is 0 Å². The van der Waals surface area contributed by atoms with Crippen LogP contribution in [-0.2, 0) is 14.4 Å². The van der Waals surface area contributed by atoms with Gasteiger partial charge in [-0.2, -0.15) is 0 Å². The highest BCUT2D eigenvalue weighted by Crippen LogP contribution is 2.42. The number of hydroxylamine groups is 1. The molecule has 5 nitrogen and oxygen atoms in total. The van der Waals surface area contributed by atoms with Crippen molar-refractivity contribution in [3.63, 3.8) is 0 Å². The summed E-state index contributed by atoms with van der Waals surface area (Å²) in [6.07, 6.45) is 8.14. The molecule has 0 heterocycles. The van der Waals surface area contributed by atoms with Gasteiger partial charge in [0.1, 0.15) is 0 Å². The molecule has 18 heavy (non-hydrogen) atoms. The summed E-state index contributed by atoms with van der Waals surface area (Å²) < 4.78 is 0. The fourth-order valence-corrected chi connectivity index (χ4v) is 3.36. The Morgan fingerprint density at radius 2 is 1.83 bits per heavy atom. The molecule has 0 saturated heterocycles. The topological polar surface area (TPSA) is 75.6 Å². The number of hydrogen-bond donors (Lipinski definition) is 2. The number of rotatable bonds is 4. The smallest absolute Gasteiger partial charge is 0.332 e. The monoisotopic (exact) mass is 255 g/mol. The Morgan fingerprint density at radius 3 is 2.56 bits per heavy atom. The Balaban J connectivity index is 1.75. The van der Waals surface area contributed by atoms with Crippen LogP contribution < -0.4 is 5.48 Å². The lowest BCUT2D eigenvalue weighted by atomic mass is 9.67. The number of carbonyl (C=O) groups is 2. The van der Waals surface area contributed by atoms with Crippen LogP contribution in [0.3, 0.4) is 0 Å². The third kappa shape index (κ3) is 3.45. The quantitative estimate of drug-likeness (QED) is 0.750. The number of aliphatic carboxylic acids is 1. The van der Waals surface area contributed by atoms with E-state index in [0.717, 1.165) is 25.2 Å². The highest BCUT2D eigenvalue weighted by Gasteiger charge is 2.35. The van der Waals surface area contributed by atoms with Crippen molar-refractivity contribution in [2.45, 2.75) is 44.9 Å². The van der Waals surface area contributed by atoms with E-state index < -0.39 is 12.6 Å². The summed E-state index contributed by atoms with van der Waals surface area (Å²) >= 11 is 0. The first-order valence-corrected chi connectivity index (χ1v) is 6.80. The normalized spacial score (nSPS) is 31.4. The fraction of sp³-hybridized carbons (Fsp3) is 0.846. The lowest BCUT2D eigenvalue weighted by Crippen LogP contribution is -2.38. The molecule has 0 radical (unpaired) electrons. The van der Waals surface area contributed by atoms with Crippen LogP contribution in [0, 0.1) is 17.8 Å². The average Bonchev–Trinajstić information content (AvgIpc) is 2.37. The molecule has 3 atom stereocenters. The van der Waals surface area contributed by atoms with Crippen LogP contribution in [0.4, 0.5) is 0 Å². The maximum Gasteiger partial charge on any atom is 0.332 e. The summed E-state index contributed by atoms with van der Waals surface area (Å²) in [6.45, 7) is -0.482. The number of carboxylic acid groups (broad SMARTS) is 1. The molecule has 2 aliphatic carbocycles. The predicted molar refractivity (Wildman–Crippen MR) is 64.5 cm³/mol. The van der Waals surface area contributed by atoms with E-state index in [4.69, 9.17) is 5.11 Å². The van der Waals surface area contributed by atoms with Crippen molar-refractivity contribution in [1.82, 2.24) is 5.48 Å². The van der Waals surface area contributed by atoms with Gasteiger partial charge in [-0.15, -0.1) is 0 Å². The van der Waals surface area contributed by atoms with Gasteiger partial charge < -0.3 is 5.11 Å². The van der Waals surface area contributed by atoms with Crippen LogP contribution in [0.5, 0.6) is 0 Å². The molecule has 2 N–H and O–H groups in total.